The Hall–Kier alpha value is -3.47. The molecule has 0 radical (unpaired) electrons. The van der Waals surface area contributed by atoms with Gasteiger partial charge in [-0.15, -0.1) is 6.58 Å². The van der Waals surface area contributed by atoms with E-state index in [1.165, 1.54) is 12.1 Å². The van der Waals surface area contributed by atoms with Crippen molar-refractivity contribution < 1.29 is 18.7 Å². The lowest BCUT2D eigenvalue weighted by Crippen LogP contribution is -2.48. The summed E-state index contributed by atoms with van der Waals surface area (Å²) in [5.41, 5.74) is 1.81. The van der Waals surface area contributed by atoms with Gasteiger partial charge in [0.1, 0.15) is 11.6 Å². The van der Waals surface area contributed by atoms with Gasteiger partial charge in [0.25, 0.3) is 0 Å². The van der Waals surface area contributed by atoms with Crippen LogP contribution in [0.25, 0.3) is 22.6 Å². The molecular formula is C26H29FN6O3. The van der Waals surface area contributed by atoms with E-state index in [4.69, 9.17) is 19.4 Å². The number of carbonyl (C=O) groups excluding carboxylic acids is 1. The number of rotatable bonds is 7. The maximum Gasteiger partial charge on any atom is 0.230 e. The van der Waals surface area contributed by atoms with Crippen molar-refractivity contribution in [2.45, 2.75) is 32.1 Å². The lowest BCUT2D eigenvalue weighted by Gasteiger charge is -2.35. The molecule has 0 saturated carbocycles. The largest absolute Gasteiger partial charge is 0.352 e. The van der Waals surface area contributed by atoms with E-state index in [0.717, 1.165) is 30.8 Å². The molecule has 3 N–H and O–H groups in total. The first-order valence-corrected chi connectivity index (χ1v) is 12.0. The average Bonchev–Trinajstić information content (AvgIpc) is 3.59. The Morgan fingerprint density at radius 1 is 1.25 bits per heavy atom. The first-order valence-electron chi connectivity index (χ1n) is 12.0. The summed E-state index contributed by atoms with van der Waals surface area (Å²) < 4.78 is 25.5. The Kier molecular flexibility index (Phi) is 6.90. The molecule has 188 valence electrons. The minimum absolute atomic E-state index is 0.108. The second kappa shape index (κ2) is 10.3. The molecule has 0 bridgehead atoms. The highest BCUT2D eigenvalue weighted by molar-refractivity contribution is 5.82. The zero-order valence-electron chi connectivity index (χ0n) is 20.1. The van der Waals surface area contributed by atoms with Crippen LogP contribution in [-0.2, 0) is 14.3 Å². The molecular weight excluding hydrogens is 463 g/mol. The van der Waals surface area contributed by atoms with E-state index in [9.17, 15) is 9.18 Å². The topological polar surface area (TPSA) is 114 Å². The molecule has 10 heteroatoms. The highest BCUT2D eigenvalue weighted by Crippen LogP contribution is 2.36. The van der Waals surface area contributed by atoms with Gasteiger partial charge in [-0.1, -0.05) is 6.08 Å². The summed E-state index contributed by atoms with van der Waals surface area (Å²) in [7, 11) is 0. The van der Waals surface area contributed by atoms with Crippen molar-refractivity contribution in [2.75, 3.05) is 26.3 Å². The van der Waals surface area contributed by atoms with Crippen molar-refractivity contribution in [3.8, 4) is 22.6 Å². The standard InChI is InChI=1S/C26H29FN6O3/c1-3-11-30-25(34)26(2)14-35-24(36-15-26)23-32-20(16-6-8-17(27)9-7-16)21(33-23)18-10-13-29-22(31-18)19-5-4-12-28-19/h3,6-10,13,19,24,28H,1,4-5,11-12,14-15H2,2H3,(H,30,34)(H,32,33). The summed E-state index contributed by atoms with van der Waals surface area (Å²) >= 11 is 0. The van der Waals surface area contributed by atoms with Crippen LogP contribution < -0.4 is 10.6 Å². The van der Waals surface area contributed by atoms with Gasteiger partial charge < -0.3 is 25.1 Å². The van der Waals surface area contributed by atoms with Crippen LogP contribution in [0.3, 0.4) is 0 Å². The van der Waals surface area contributed by atoms with E-state index in [0.29, 0.717) is 29.5 Å². The number of halogens is 1. The maximum absolute atomic E-state index is 13.6. The van der Waals surface area contributed by atoms with Gasteiger partial charge in [0.15, 0.2) is 5.82 Å². The minimum Gasteiger partial charge on any atom is -0.352 e. The number of benzene rings is 1. The molecule has 4 heterocycles. The number of carbonyl (C=O) groups is 1. The molecule has 0 spiro atoms. The van der Waals surface area contributed by atoms with Gasteiger partial charge in [-0.25, -0.2) is 19.3 Å². The number of ether oxygens (including phenoxy) is 2. The number of aromatic nitrogens is 4. The van der Waals surface area contributed by atoms with Crippen LogP contribution in [0.1, 0.15) is 43.7 Å². The van der Waals surface area contributed by atoms with Crippen molar-refractivity contribution >= 4 is 5.91 Å². The fourth-order valence-corrected chi connectivity index (χ4v) is 4.37. The van der Waals surface area contributed by atoms with Crippen molar-refractivity contribution in [1.82, 2.24) is 30.6 Å². The third-order valence-corrected chi connectivity index (χ3v) is 6.43. The number of H-pyrrole nitrogens is 1. The van der Waals surface area contributed by atoms with Gasteiger partial charge in [0.05, 0.1) is 41.8 Å². The maximum atomic E-state index is 13.6. The van der Waals surface area contributed by atoms with Crippen molar-refractivity contribution in [3.63, 3.8) is 0 Å². The summed E-state index contributed by atoms with van der Waals surface area (Å²) in [4.78, 5) is 29.9. The fraction of sp³-hybridized carbons (Fsp3) is 0.385. The van der Waals surface area contributed by atoms with Crippen LogP contribution in [0.2, 0.25) is 0 Å². The van der Waals surface area contributed by atoms with E-state index in [2.05, 4.69) is 27.2 Å². The monoisotopic (exact) mass is 492 g/mol. The quantitative estimate of drug-likeness (QED) is 0.433. The highest BCUT2D eigenvalue weighted by atomic mass is 19.1. The number of hydrogen-bond donors (Lipinski definition) is 3. The van der Waals surface area contributed by atoms with Crippen molar-refractivity contribution in [1.29, 1.82) is 0 Å². The number of imidazole rings is 1. The number of nitrogens with one attached hydrogen (secondary N) is 3. The number of amides is 1. The van der Waals surface area contributed by atoms with E-state index in [-0.39, 0.29) is 31.0 Å². The summed E-state index contributed by atoms with van der Waals surface area (Å²) in [5.74, 6) is 0.664. The van der Waals surface area contributed by atoms with E-state index >= 15 is 0 Å². The molecule has 9 nitrogen and oxygen atoms in total. The zero-order chi connectivity index (χ0) is 25.1. The normalized spacial score (nSPS) is 23.9. The van der Waals surface area contributed by atoms with Crippen LogP contribution in [0.15, 0.2) is 49.2 Å². The predicted molar refractivity (Wildman–Crippen MR) is 131 cm³/mol. The molecule has 3 aromatic rings. The Morgan fingerprint density at radius 3 is 2.72 bits per heavy atom. The molecule has 2 aromatic heterocycles. The first kappa shape index (κ1) is 24.2. The molecule has 1 amide bonds. The smallest absolute Gasteiger partial charge is 0.230 e. The van der Waals surface area contributed by atoms with E-state index < -0.39 is 11.7 Å². The molecule has 2 saturated heterocycles. The molecule has 5 rings (SSSR count). The van der Waals surface area contributed by atoms with Crippen LogP contribution in [0.5, 0.6) is 0 Å². The summed E-state index contributed by atoms with van der Waals surface area (Å²) in [6.45, 7) is 7.04. The SMILES string of the molecule is C=CCNC(=O)C1(C)COC(c2nc(-c3ccc(F)cc3)c(-c3ccnc(C4CCCN4)n3)[nH]2)OC1. The molecule has 2 aliphatic heterocycles. The van der Waals surface area contributed by atoms with Gasteiger partial charge in [0, 0.05) is 18.3 Å². The second-order valence-electron chi connectivity index (χ2n) is 9.31. The van der Waals surface area contributed by atoms with Gasteiger partial charge in [-0.05, 0) is 56.6 Å². The van der Waals surface area contributed by atoms with Crippen LogP contribution in [0, 0.1) is 11.2 Å². The van der Waals surface area contributed by atoms with Crippen LogP contribution in [-0.4, -0.2) is 52.1 Å². The zero-order valence-corrected chi connectivity index (χ0v) is 20.1. The third kappa shape index (κ3) is 4.92. The Balaban J connectivity index is 1.45. The van der Waals surface area contributed by atoms with E-state index in [1.54, 1.807) is 31.3 Å². The van der Waals surface area contributed by atoms with Crippen molar-refractivity contribution in [3.05, 3.63) is 66.6 Å². The van der Waals surface area contributed by atoms with Crippen molar-refractivity contribution in [2.24, 2.45) is 5.41 Å². The predicted octanol–water partition coefficient (Wildman–Crippen LogP) is 3.45. The molecule has 1 aromatic carbocycles. The summed E-state index contributed by atoms with van der Waals surface area (Å²) in [5, 5.41) is 6.22. The van der Waals surface area contributed by atoms with E-state index in [1.807, 2.05) is 6.07 Å². The lowest BCUT2D eigenvalue weighted by atomic mass is 9.91. The van der Waals surface area contributed by atoms with Gasteiger partial charge >= 0.3 is 0 Å². The van der Waals surface area contributed by atoms with Crippen LogP contribution in [0.4, 0.5) is 4.39 Å². The van der Waals surface area contributed by atoms with Gasteiger partial charge in [-0.2, -0.15) is 0 Å². The second-order valence-corrected chi connectivity index (χ2v) is 9.31. The van der Waals surface area contributed by atoms with Crippen LogP contribution >= 0.6 is 0 Å². The molecule has 2 aliphatic rings. The first-order chi connectivity index (χ1) is 17.5. The molecule has 1 unspecified atom stereocenters. The summed E-state index contributed by atoms with van der Waals surface area (Å²) in [6.07, 6.45) is 4.61. The Morgan fingerprint density at radius 2 is 2.03 bits per heavy atom. The Labute approximate surface area is 208 Å². The number of nitrogens with zero attached hydrogens (tertiary/aromatic N) is 3. The lowest BCUT2D eigenvalue weighted by molar-refractivity contribution is -0.230. The van der Waals surface area contributed by atoms with Gasteiger partial charge in [-0.3, -0.25) is 4.79 Å². The highest BCUT2D eigenvalue weighted by Gasteiger charge is 2.40. The van der Waals surface area contributed by atoms with Gasteiger partial charge in [0.2, 0.25) is 12.2 Å². The fourth-order valence-electron chi connectivity index (χ4n) is 4.37. The molecule has 36 heavy (non-hydrogen) atoms. The average molecular weight is 493 g/mol. The Bertz CT molecular complexity index is 1230. The number of hydrogen-bond acceptors (Lipinski definition) is 7. The molecule has 2 fully saturated rings. The number of aromatic amines is 1. The third-order valence-electron chi connectivity index (χ3n) is 6.43. The molecule has 1 atom stereocenters. The minimum atomic E-state index is -0.829. The molecule has 0 aliphatic carbocycles. The summed E-state index contributed by atoms with van der Waals surface area (Å²) in [6, 6.07) is 8.04.